The first-order chi connectivity index (χ1) is 12.6. The first kappa shape index (κ1) is 19.5. The Hall–Kier alpha value is -2.25. The van der Waals surface area contributed by atoms with Crippen molar-refractivity contribution in [2.75, 3.05) is 13.2 Å². The Balaban J connectivity index is 2.16. The summed E-state index contributed by atoms with van der Waals surface area (Å²) < 4.78 is 42.1. The zero-order valence-corrected chi connectivity index (χ0v) is 16.7. The van der Waals surface area contributed by atoms with Crippen molar-refractivity contribution < 1.29 is 27.1 Å². The predicted octanol–water partition coefficient (Wildman–Crippen LogP) is 3.09. The van der Waals surface area contributed by atoms with Crippen LogP contribution < -0.4 is 0 Å². The Morgan fingerprint density at radius 3 is 2.52 bits per heavy atom. The van der Waals surface area contributed by atoms with Crippen LogP contribution in [0.15, 0.2) is 35.2 Å². The summed E-state index contributed by atoms with van der Waals surface area (Å²) in [6.45, 7) is 8.72. The Bertz CT molecular complexity index is 1070. The summed E-state index contributed by atoms with van der Waals surface area (Å²) in [4.78, 5) is 11.6. The van der Waals surface area contributed by atoms with Gasteiger partial charge in [0.05, 0.1) is 16.9 Å². The van der Waals surface area contributed by atoms with Gasteiger partial charge in [-0.05, 0) is 43.7 Å². The average molecular weight is 389 g/mol. The number of fused-ring (bicyclic) bond motifs is 3. The van der Waals surface area contributed by atoms with E-state index in [9.17, 15) is 17.8 Å². The number of hydrogen-bond donors (Lipinski definition) is 0. The van der Waals surface area contributed by atoms with Gasteiger partial charge in [-0.15, -0.1) is 0 Å². The Morgan fingerprint density at radius 1 is 1.19 bits per heavy atom. The van der Waals surface area contributed by atoms with Crippen molar-refractivity contribution in [3.05, 3.63) is 35.9 Å². The Morgan fingerprint density at radius 2 is 1.89 bits per heavy atom. The van der Waals surface area contributed by atoms with Crippen LogP contribution in [0.1, 0.15) is 39.7 Å². The number of rotatable bonds is 5. The van der Waals surface area contributed by atoms with Crippen LogP contribution in [0.25, 0.3) is 10.8 Å². The van der Waals surface area contributed by atoms with E-state index < -0.39 is 10.1 Å². The molecule has 2 aromatic carbocycles. The number of esters is 1. The summed E-state index contributed by atoms with van der Waals surface area (Å²) >= 11 is 0. The van der Waals surface area contributed by atoms with Gasteiger partial charge in [0, 0.05) is 18.6 Å². The number of nitrogens with zero attached hydrogens (tertiary/aromatic N) is 1. The highest BCUT2D eigenvalue weighted by atomic mass is 32.2. The third-order valence-corrected chi connectivity index (χ3v) is 6.23. The van der Waals surface area contributed by atoms with Crippen LogP contribution in [0.5, 0.6) is 0 Å². The molecule has 2 aromatic rings. The minimum absolute atomic E-state index is 0.207. The van der Waals surface area contributed by atoms with Gasteiger partial charge in [-0.25, -0.2) is 8.42 Å². The highest BCUT2D eigenvalue weighted by Crippen LogP contribution is 2.44. The van der Waals surface area contributed by atoms with E-state index in [2.05, 4.69) is 18.4 Å². The quantitative estimate of drug-likeness (QED) is 0.446. The molecule has 0 saturated heterocycles. The minimum atomic E-state index is -4.57. The zero-order chi connectivity index (χ0) is 20.0. The second-order valence-electron chi connectivity index (χ2n) is 7.18. The maximum absolute atomic E-state index is 11.8. The average Bonchev–Trinajstić information content (AvgIpc) is 2.78. The molecule has 0 spiro atoms. The third-order valence-electron chi connectivity index (χ3n) is 5.34. The van der Waals surface area contributed by atoms with Crippen molar-refractivity contribution in [3.8, 4) is 0 Å². The van der Waals surface area contributed by atoms with Gasteiger partial charge in [0.1, 0.15) is 16.5 Å². The van der Waals surface area contributed by atoms with Crippen LogP contribution in [-0.2, 0) is 25.1 Å². The first-order valence-corrected chi connectivity index (χ1v) is 10.3. The molecule has 1 aliphatic heterocycles. The fourth-order valence-electron chi connectivity index (χ4n) is 3.84. The molecule has 0 N–H and O–H groups in total. The lowest BCUT2D eigenvalue weighted by Gasteiger charge is -2.18. The van der Waals surface area contributed by atoms with Crippen molar-refractivity contribution in [2.45, 2.75) is 44.4 Å². The zero-order valence-electron chi connectivity index (χ0n) is 15.9. The Kier molecular flexibility index (Phi) is 4.86. The second kappa shape index (κ2) is 6.73. The molecule has 3 rings (SSSR count). The molecule has 0 aliphatic carbocycles. The topological polar surface area (TPSA) is 86.5 Å². The highest BCUT2D eigenvalue weighted by molar-refractivity contribution is 7.86. The van der Waals surface area contributed by atoms with Crippen LogP contribution in [0.3, 0.4) is 0 Å². The smallest absolute Gasteiger partial charge is 0.312 e. The van der Waals surface area contributed by atoms with Gasteiger partial charge in [0.2, 0.25) is 5.69 Å². The molecule has 27 heavy (non-hydrogen) atoms. The number of ether oxygens (including phenoxy) is 1. The third kappa shape index (κ3) is 3.26. The summed E-state index contributed by atoms with van der Waals surface area (Å²) in [5, 5.41) is 1.17. The van der Waals surface area contributed by atoms with E-state index in [4.69, 9.17) is 4.74 Å². The van der Waals surface area contributed by atoms with E-state index in [1.54, 1.807) is 19.1 Å². The van der Waals surface area contributed by atoms with E-state index in [0.717, 1.165) is 22.3 Å². The van der Waals surface area contributed by atoms with Crippen LogP contribution in [0.2, 0.25) is 0 Å². The summed E-state index contributed by atoms with van der Waals surface area (Å²) in [6.07, 6.45) is 0.258. The molecule has 1 aliphatic rings. The summed E-state index contributed by atoms with van der Waals surface area (Å²) in [7, 11) is -4.57. The molecule has 0 bridgehead atoms. The molecule has 0 atom stereocenters. The molecule has 144 valence electrons. The van der Waals surface area contributed by atoms with Gasteiger partial charge in [-0.2, -0.15) is 4.58 Å². The van der Waals surface area contributed by atoms with Crippen molar-refractivity contribution >= 4 is 38.3 Å². The van der Waals surface area contributed by atoms with Gasteiger partial charge >= 0.3 is 5.97 Å². The predicted molar refractivity (Wildman–Crippen MR) is 102 cm³/mol. The molecular formula is C20H23NO5S. The van der Waals surface area contributed by atoms with Gasteiger partial charge in [-0.3, -0.25) is 4.79 Å². The van der Waals surface area contributed by atoms with Gasteiger partial charge in [-0.1, -0.05) is 12.1 Å². The van der Waals surface area contributed by atoms with Gasteiger partial charge < -0.3 is 9.29 Å². The van der Waals surface area contributed by atoms with Crippen molar-refractivity contribution in [1.82, 2.24) is 0 Å². The molecule has 1 heterocycles. The number of benzene rings is 2. The molecular weight excluding hydrogens is 366 g/mol. The van der Waals surface area contributed by atoms with Gasteiger partial charge in [0.25, 0.3) is 0 Å². The summed E-state index contributed by atoms with van der Waals surface area (Å²) in [5.74, 6) is -0.253. The van der Waals surface area contributed by atoms with Crippen LogP contribution >= 0.6 is 0 Å². The molecule has 0 fully saturated rings. The SMILES string of the molecule is CCOC(=O)CC[N+]1=C(C)C(C)(C)c2c1ccc1c(S(=O)(=O)[O-])cccc21. The standard InChI is InChI=1S/C20H23NO5S/c1-5-26-18(22)11-12-21-13(2)20(3,4)19-15-7-6-8-17(27(23,24)25)14(15)9-10-16(19)21/h6-10H,5,11-12H2,1-4H3. The number of carbonyl (C=O) groups excluding carboxylic acids is 1. The number of carbonyl (C=O) groups is 1. The summed E-state index contributed by atoms with van der Waals surface area (Å²) in [6, 6.07) is 8.28. The molecule has 0 unspecified atom stereocenters. The lowest BCUT2D eigenvalue weighted by molar-refractivity contribution is -0.438. The van der Waals surface area contributed by atoms with Gasteiger partial charge in [0.15, 0.2) is 12.3 Å². The highest BCUT2D eigenvalue weighted by Gasteiger charge is 2.44. The fraction of sp³-hybridized carbons (Fsp3) is 0.400. The van der Waals surface area contributed by atoms with E-state index in [1.165, 1.54) is 6.07 Å². The normalized spacial score (nSPS) is 15.9. The van der Waals surface area contributed by atoms with Crippen LogP contribution in [0, 0.1) is 0 Å². The maximum Gasteiger partial charge on any atom is 0.312 e. The van der Waals surface area contributed by atoms with Crippen molar-refractivity contribution in [3.63, 3.8) is 0 Å². The lowest BCUT2D eigenvalue weighted by atomic mass is 9.80. The van der Waals surface area contributed by atoms with E-state index in [1.807, 2.05) is 19.1 Å². The first-order valence-electron chi connectivity index (χ1n) is 8.88. The van der Waals surface area contributed by atoms with Crippen LogP contribution in [0.4, 0.5) is 5.69 Å². The second-order valence-corrected chi connectivity index (χ2v) is 8.53. The fourth-order valence-corrected chi connectivity index (χ4v) is 4.53. The van der Waals surface area contributed by atoms with Crippen molar-refractivity contribution in [1.29, 1.82) is 0 Å². The van der Waals surface area contributed by atoms with Crippen LogP contribution in [-0.4, -0.2) is 42.4 Å². The Labute approximate surface area is 159 Å². The van der Waals surface area contributed by atoms with Crippen molar-refractivity contribution in [2.24, 2.45) is 0 Å². The molecule has 0 aromatic heterocycles. The molecule has 6 nitrogen and oxygen atoms in total. The molecule has 0 amide bonds. The van der Waals surface area contributed by atoms with E-state index in [0.29, 0.717) is 18.5 Å². The largest absolute Gasteiger partial charge is 0.744 e. The summed E-state index contributed by atoms with van der Waals surface area (Å²) in [5.41, 5.74) is 2.58. The maximum atomic E-state index is 11.8. The molecule has 0 saturated carbocycles. The van der Waals surface area contributed by atoms with E-state index in [-0.39, 0.29) is 22.7 Å². The van der Waals surface area contributed by atoms with E-state index >= 15 is 0 Å². The minimum Gasteiger partial charge on any atom is -0.744 e. The lowest BCUT2D eigenvalue weighted by Crippen LogP contribution is -2.27. The molecule has 7 heteroatoms. The molecule has 0 radical (unpaired) electrons. The number of hydrogen-bond acceptors (Lipinski definition) is 5. The monoisotopic (exact) mass is 389 g/mol.